The van der Waals surface area contributed by atoms with Crippen LogP contribution in [0.4, 0.5) is 9.59 Å². The maximum Gasteiger partial charge on any atom is 0.407 e. The highest BCUT2D eigenvalue weighted by atomic mass is 16.6. The van der Waals surface area contributed by atoms with Crippen LogP contribution in [-0.2, 0) is 23.8 Å². The summed E-state index contributed by atoms with van der Waals surface area (Å²) in [5.41, 5.74) is 1.19. The number of allylic oxidation sites excluding steroid dienone is 1. The molecule has 8 atom stereocenters. The molecule has 4 rings (SSSR count). The fourth-order valence-electron chi connectivity index (χ4n) is 10.4. The van der Waals surface area contributed by atoms with Crippen molar-refractivity contribution < 1.29 is 33.4 Å². The van der Waals surface area contributed by atoms with Gasteiger partial charge in [-0.05, 0) is 174 Å². The minimum absolute atomic E-state index is 0.0171. The number of alkyl carbamates (subject to hydrolysis) is 2. The molecule has 0 heterocycles. The Morgan fingerprint density at radius 2 is 1.46 bits per heavy atom. The van der Waals surface area contributed by atoms with Crippen molar-refractivity contribution >= 4 is 24.1 Å². The lowest BCUT2D eigenvalue weighted by atomic mass is 9.48. The largest absolute Gasteiger partial charge is 0.462 e. The molecule has 3 saturated carbocycles. The number of hydrogen-bond acceptors (Lipinski definition) is 8. The lowest BCUT2D eigenvalue weighted by molar-refractivity contribution is -0.151. The second kappa shape index (κ2) is 20.4. The molecule has 3 fully saturated rings. The third kappa shape index (κ3) is 14.5. The van der Waals surface area contributed by atoms with E-state index in [1.54, 1.807) is 0 Å². The normalized spacial score (nSPS) is 28.1. The van der Waals surface area contributed by atoms with Crippen molar-refractivity contribution in [2.24, 2.45) is 28.6 Å². The summed E-state index contributed by atoms with van der Waals surface area (Å²) in [6, 6.07) is -0.193. The van der Waals surface area contributed by atoms with Gasteiger partial charge in [-0.25, -0.2) is 9.59 Å². The van der Waals surface area contributed by atoms with Gasteiger partial charge in [0.2, 0.25) is 5.91 Å². The van der Waals surface area contributed by atoms with Crippen LogP contribution in [0.3, 0.4) is 0 Å². The molecule has 0 saturated heterocycles. The standard InChI is InChI=1S/C46H80N4O7/c1-32(48-41(53)56-43(3,4)5)22-28-47-27-11-12-29-50(30-23-33(2)49-42(54)57-44(6,7)8)39(51)16-13-17-40(52)55-35-20-26-46(10)34(31-35)18-19-36-37-15-14-24-45(37,9)25-21-38(36)46/h18,32-33,35-38,47H,11-17,19-31H2,1-10H3,(H,48,53)(H,49,54). The Kier molecular flexibility index (Phi) is 16.8. The molecular formula is C46H80N4O7. The Labute approximate surface area is 345 Å². The SMILES string of the molecule is CC(CCNCCCCN(CCC(C)NC(=O)OC(C)(C)C)C(=O)CCCC(=O)OC1CCC2(C)C(=CCC3C4CCCC4(C)CCC32)C1)NC(=O)OC(C)(C)C. The van der Waals surface area contributed by atoms with Crippen LogP contribution in [0, 0.1) is 28.6 Å². The van der Waals surface area contributed by atoms with E-state index in [9.17, 15) is 19.2 Å². The van der Waals surface area contributed by atoms with Gasteiger partial charge in [0.15, 0.2) is 0 Å². The van der Waals surface area contributed by atoms with Crippen molar-refractivity contribution in [1.29, 1.82) is 0 Å². The van der Waals surface area contributed by atoms with Gasteiger partial charge in [-0.3, -0.25) is 9.59 Å². The molecule has 11 heteroatoms. The first-order valence-corrected chi connectivity index (χ1v) is 22.5. The zero-order chi connectivity index (χ0) is 42.0. The third-order valence-corrected chi connectivity index (χ3v) is 13.4. The van der Waals surface area contributed by atoms with Crippen molar-refractivity contribution in [3.8, 4) is 0 Å². The Bertz CT molecular complexity index is 1390. The molecule has 0 spiro atoms. The van der Waals surface area contributed by atoms with Crippen molar-refractivity contribution in [1.82, 2.24) is 20.9 Å². The van der Waals surface area contributed by atoms with Gasteiger partial charge in [-0.1, -0.05) is 31.9 Å². The smallest absolute Gasteiger partial charge is 0.407 e. The Hall–Kier alpha value is -2.82. The van der Waals surface area contributed by atoms with Crippen molar-refractivity contribution in [2.45, 2.75) is 201 Å². The molecule has 8 unspecified atom stereocenters. The van der Waals surface area contributed by atoms with Gasteiger partial charge in [0, 0.05) is 44.4 Å². The second-order valence-electron chi connectivity index (χ2n) is 20.6. The number of esters is 1. The van der Waals surface area contributed by atoms with Gasteiger partial charge < -0.3 is 35.1 Å². The summed E-state index contributed by atoms with van der Waals surface area (Å²) in [7, 11) is 0. The average molecular weight is 801 g/mol. The quantitative estimate of drug-likeness (QED) is 0.0541. The topological polar surface area (TPSA) is 135 Å². The summed E-state index contributed by atoms with van der Waals surface area (Å²) in [5.74, 6) is 2.26. The molecule has 3 amide bonds. The van der Waals surface area contributed by atoms with Gasteiger partial charge in [0.1, 0.15) is 17.3 Å². The van der Waals surface area contributed by atoms with Gasteiger partial charge in [0.05, 0.1) is 0 Å². The molecule has 326 valence electrons. The first-order chi connectivity index (χ1) is 26.7. The van der Waals surface area contributed by atoms with Crippen LogP contribution in [0.1, 0.15) is 172 Å². The Morgan fingerprint density at radius 1 is 0.789 bits per heavy atom. The molecular weight excluding hydrogens is 721 g/mol. The number of nitrogens with zero attached hydrogens (tertiary/aromatic N) is 1. The zero-order valence-electron chi connectivity index (χ0n) is 37.5. The molecule has 11 nitrogen and oxygen atoms in total. The van der Waals surface area contributed by atoms with Crippen molar-refractivity contribution in [3.63, 3.8) is 0 Å². The van der Waals surface area contributed by atoms with E-state index in [4.69, 9.17) is 14.2 Å². The van der Waals surface area contributed by atoms with Crippen LogP contribution in [0.2, 0.25) is 0 Å². The number of rotatable bonds is 18. The van der Waals surface area contributed by atoms with Crippen molar-refractivity contribution in [2.75, 3.05) is 26.2 Å². The lowest BCUT2D eigenvalue weighted by Gasteiger charge is -2.57. The predicted molar refractivity (Wildman–Crippen MR) is 226 cm³/mol. The summed E-state index contributed by atoms with van der Waals surface area (Å²) in [4.78, 5) is 52.9. The number of fused-ring (bicyclic) bond motifs is 5. The Balaban J connectivity index is 1.19. The first-order valence-electron chi connectivity index (χ1n) is 22.5. The number of nitrogens with one attached hydrogen (secondary N) is 3. The van der Waals surface area contributed by atoms with Crippen LogP contribution in [-0.4, -0.2) is 84.5 Å². The van der Waals surface area contributed by atoms with E-state index in [1.807, 2.05) is 60.3 Å². The summed E-state index contributed by atoms with van der Waals surface area (Å²) >= 11 is 0. The molecule has 3 N–H and O–H groups in total. The fourth-order valence-corrected chi connectivity index (χ4v) is 10.4. The number of ether oxygens (including phenoxy) is 3. The molecule has 0 aromatic rings. The van der Waals surface area contributed by atoms with Gasteiger partial charge in [0.25, 0.3) is 0 Å². The lowest BCUT2D eigenvalue weighted by Crippen LogP contribution is -2.49. The zero-order valence-corrected chi connectivity index (χ0v) is 37.5. The maximum absolute atomic E-state index is 13.5. The molecule has 0 aliphatic heterocycles. The van der Waals surface area contributed by atoms with Crippen LogP contribution in [0.15, 0.2) is 11.6 Å². The van der Waals surface area contributed by atoms with E-state index in [0.29, 0.717) is 31.3 Å². The summed E-state index contributed by atoms with van der Waals surface area (Å²) < 4.78 is 16.8. The number of carbonyl (C=O) groups is 4. The molecule has 57 heavy (non-hydrogen) atoms. The number of unbranched alkanes of at least 4 members (excludes halogenated alkanes) is 1. The maximum atomic E-state index is 13.5. The summed E-state index contributed by atoms with van der Waals surface area (Å²) in [6.45, 7) is 22.6. The van der Waals surface area contributed by atoms with E-state index in [-0.39, 0.29) is 48.3 Å². The monoisotopic (exact) mass is 801 g/mol. The summed E-state index contributed by atoms with van der Waals surface area (Å²) in [5, 5.41) is 9.19. The van der Waals surface area contributed by atoms with Crippen LogP contribution >= 0.6 is 0 Å². The van der Waals surface area contributed by atoms with Crippen LogP contribution < -0.4 is 16.0 Å². The summed E-state index contributed by atoms with van der Waals surface area (Å²) in [6.07, 6.45) is 16.6. The van der Waals surface area contributed by atoms with E-state index >= 15 is 0 Å². The van der Waals surface area contributed by atoms with Crippen molar-refractivity contribution in [3.05, 3.63) is 11.6 Å². The minimum atomic E-state index is -0.588. The van der Waals surface area contributed by atoms with E-state index in [2.05, 4.69) is 35.9 Å². The molecule has 0 aromatic heterocycles. The number of hydrogen-bond donors (Lipinski definition) is 3. The number of carbonyl (C=O) groups excluding carboxylic acids is 4. The number of amides is 3. The second-order valence-corrected chi connectivity index (χ2v) is 20.6. The molecule has 0 radical (unpaired) electrons. The van der Waals surface area contributed by atoms with Gasteiger partial charge in [-0.15, -0.1) is 0 Å². The molecule has 4 aliphatic carbocycles. The van der Waals surface area contributed by atoms with Crippen LogP contribution in [0.5, 0.6) is 0 Å². The highest BCUT2D eigenvalue weighted by molar-refractivity contribution is 5.77. The molecule has 0 aromatic carbocycles. The van der Waals surface area contributed by atoms with E-state index in [0.717, 1.165) is 69.4 Å². The minimum Gasteiger partial charge on any atom is -0.462 e. The third-order valence-electron chi connectivity index (χ3n) is 13.4. The van der Waals surface area contributed by atoms with E-state index < -0.39 is 23.4 Å². The molecule has 4 aliphatic rings. The van der Waals surface area contributed by atoms with E-state index in [1.165, 1.54) is 44.1 Å². The van der Waals surface area contributed by atoms with Gasteiger partial charge in [-0.2, -0.15) is 0 Å². The highest BCUT2D eigenvalue weighted by Gasteiger charge is 2.56. The molecule has 0 bridgehead atoms. The highest BCUT2D eigenvalue weighted by Crippen LogP contribution is 2.64. The van der Waals surface area contributed by atoms with Crippen LogP contribution in [0.25, 0.3) is 0 Å². The first kappa shape index (κ1) is 46.9. The fraction of sp³-hybridized carbons (Fsp3) is 0.870. The predicted octanol–water partition coefficient (Wildman–Crippen LogP) is 9.23. The van der Waals surface area contributed by atoms with Gasteiger partial charge >= 0.3 is 18.2 Å². The average Bonchev–Trinajstić information content (AvgIpc) is 3.49. The Morgan fingerprint density at radius 3 is 2.12 bits per heavy atom.